The van der Waals surface area contributed by atoms with Gasteiger partial charge in [0.05, 0.1) is 19.6 Å². The first-order valence-electron chi connectivity index (χ1n) is 13.1. The minimum absolute atomic E-state index is 0.00629. The number of aliphatic carboxylic acids is 1. The number of carboxylic acid groups (broad SMARTS) is 1. The summed E-state index contributed by atoms with van der Waals surface area (Å²) >= 11 is 1.70. The number of carboxylic acids is 1. The SMILES string of the molecule is O=C(O)Cc1ccc(OCC2(COc3ccc(-c4cccs4)cc3-n3nc4ccccc4n3)CCCC2)cc1. The van der Waals surface area contributed by atoms with E-state index in [2.05, 4.69) is 23.6 Å². The van der Waals surface area contributed by atoms with Crippen LogP contribution in [0, 0.1) is 5.41 Å². The molecular weight excluding hydrogens is 510 g/mol. The highest BCUT2D eigenvalue weighted by atomic mass is 32.1. The number of fused-ring (bicyclic) bond motifs is 1. The molecule has 2 aromatic heterocycles. The predicted molar refractivity (Wildman–Crippen MR) is 152 cm³/mol. The van der Waals surface area contributed by atoms with Gasteiger partial charge in [0.25, 0.3) is 0 Å². The van der Waals surface area contributed by atoms with Gasteiger partial charge in [0.1, 0.15) is 28.2 Å². The average molecular weight is 540 g/mol. The van der Waals surface area contributed by atoms with Crippen molar-refractivity contribution in [2.75, 3.05) is 13.2 Å². The van der Waals surface area contributed by atoms with Crippen molar-refractivity contribution in [3.05, 3.63) is 89.8 Å². The molecule has 0 radical (unpaired) electrons. The molecule has 198 valence electrons. The van der Waals surface area contributed by atoms with E-state index < -0.39 is 5.97 Å². The number of nitrogens with zero attached hydrogens (tertiary/aromatic N) is 3. The van der Waals surface area contributed by atoms with Crippen LogP contribution in [0.2, 0.25) is 0 Å². The summed E-state index contributed by atoms with van der Waals surface area (Å²) in [5.74, 6) is 0.635. The number of rotatable bonds is 10. The fourth-order valence-electron chi connectivity index (χ4n) is 5.16. The summed E-state index contributed by atoms with van der Waals surface area (Å²) in [4.78, 5) is 13.8. The molecule has 8 heteroatoms. The van der Waals surface area contributed by atoms with Crippen LogP contribution in [0.5, 0.6) is 11.5 Å². The number of aromatic nitrogens is 3. The van der Waals surface area contributed by atoms with Gasteiger partial charge in [-0.15, -0.1) is 26.3 Å². The van der Waals surface area contributed by atoms with Crippen LogP contribution in [0.4, 0.5) is 0 Å². The van der Waals surface area contributed by atoms with Gasteiger partial charge in [-0.2, -0.15) is 0 Å². The summed E-state index contributed by atoms with van der Waals surface area (Å²) in [6.45, 7) is 1.06. The molecule has 0 aliphatic heterocycles. The summed E-state index contributed by atoms with van der Waals surface area (Å²) in [5.41, 5.74) is 4.22. The van der Waals surface area contributed by atoms with Crippen molar-refractivity contribution in [2.24, 2.45) is 5.41 Å². The van der Waals surface area contributed by atoms with Crippen molar-refractivity contribution in [1.29, 1.82) is 0 Å². The Kier molecular flexibility index (Phi) is 7.02. The lowest BCUT2D eigenvalue weighted by atomic mass is 9.88. The van der Waals surface area contributed by atoms with Gasteiger partial charge in [-0.25, -0.2) is 0 Å². The normalized spacial score (nSPS) is 14.5. The van der Waals surface area contributed by atoms with E-state index in [1.165, 1.54) is 4.88 Å². The Morgan fingerprint density at radius 3 is 2.28 bits per heavy atom. The molecule has 1 fully saturated rings. The maximum absolute atomic E-state index is 11.0. The Hall–Kier alpha value is -4.17. The fraction of sp³-hybridized carbons (Fsp3) is 0.258. The van der Waals surface area contributed by atoms with E-state index >= 15 is 0 Å². The minimum atomic E-state index is -0.841. The summed E-state index contributed by atoms with van der Waals surface area (Å²) in [5, 5.41) is 20.5. The highest BCUT2D eigenvalue weighted by Crippen LogP contribution is 2.40. The van der Waals surface area contributed by atoms with Crippen molar-refractivity contribution >= 4 is 28.3 Å². The van der Waals surface area contributed by atoms with Crippen LogP contribution in [-0.2, 0) is 11.2 Å². The highest BCUT2D eigenvalue weighted by molar-refractivity contribution is 7.13. The van der Waals surface area contributed by atoms with Crippen LogP contribution in [-0.4, -0.2) is 39.3 Å². The molecule has 0 saturated heterocycles. The van der Waals surface area contributed by atoms with Gasteiger partial charge in [0.2, 0.25) is 0 Å². The maximum Gasteiger partial charge on any atom is 0.307 e. The molecule has 2 heterocycles. The average Bonchev–Trinajstić information content (AvgIpc) is 3.73. The number of hydrogen-bond acceptors (Lipinski definition) is 6. The van der Waals surface area contributed by atoms with Gasteiger partial charge in [-0.1, -0.05) is 43.2 Å². The second kappa shape index (κ2) is 10.9. The van der Waals surface area contributed by atoms with Gasteiger partial charge in [-0.3, -0.25) is 4.79 Å². The first-order valence-corrected chi connectivity index (χ1v) is 14.0. The molecule has 3 aromatic carbocycles. The monoisotopic (exact) mass is 539 g/mol. The number of hydrogen-bond donors (Lipinski definition) is 1. The van der Waals surface area contributed by atoms with Crippen molar-refractivity contribution in [3.8, 4) is 27.6 Å². The molecule has 7 nitrogen and oxygen atoms in total. The number of thiophene rings is 1. The molecule has 0 unspecified atom stereocenters. The van der Waals surface area contributed by atoms with Gasteiger partial charge in [0, 0.05) is 10.3 Å². The Morgan fingerprint density at radius 2 is 1.62 bits per heavy atom. The Labute approximate surface area is 230 Å². The lowest BCUT2D eigenvalue weighted by Gasteiger charge is -2.29. The Bertz CT molecular complexity index is 1540. The van der Waals surface area contributed by atoms with Crippen LogP contribution in [0.1, 0.15) is 31.2 Å². The molecule has 39 heavy (non-hydrogen) atoms. The van der Waals surface area contributed by atoms with Crippen molar-refractivity contribution in [2.45, 2.75) is 32.1 Å². The molecule has 0 amide bonds. The predicted octanol–water partition coefficient (Wildman–Crippen LogP) is 6.79. The topological polar surface area (TPSA) is 86.5 Å². The van der Waals surface area contributed by atoms with Crippen molar-refractivity contribution in [1.82, 2.24) is 15.0 Å². The first kappa shape index (κ1) is 25.1. The van der Waals surface area contributed by atoms with Crippen LogP contribution in [0.15, 0.2) is 84.2 Å². The van der Waals surface area contributed by atoms with E-state index in [0.29, 0.717) is 13.2 Å². The van der Waals surface area contributed by atoms with E-state index in [1.807, 2.05) is 60.7 Å². The summed E-state index contributed by atoms with van der Waals surface area (Å²) in [6, 6.07) is 25.5. The van der Waals surface area contributed by atoms with Gasteiger partial charge >= 0.3 is 5.97 Å². The zero-order valence-corrected chi connectivity index (χ0v) is 22.3. The quantitative estimate of drug-likeness (QED) is 0.210. The molecule has 1 saturated carbocycles. The highest BCUT2D eigenvalue weighted by Gasteiger charge is 2.36. The molecule has 0 atom stereocenters. The smallest absolute Gasteiger partial charge is 0.307 e. The number of ether oxygens (including phenoxy) is 2. The van der Waals surface area contributed by atoms with E-state index in [1.54, 1.807) is 16.1 Å². The third-order valence-corrected chi connectivity index (χ3v) is 8.21. The van der Waals surface area contributed by atoms with Crippen LogP contribution in [0.3, 0.4) is 0 Å². The van der Waals surface area contributed by atoms with Crippen molar-refractivity contribution < 1.29 is 19.4 Å². The largest absolute Gasteiger partial charge is 0.493 e. The van der Waals surface area contributed by atoms with Crippen LogP contribution in [0.25, 0.3) is 27.2 Å². The molecule has 1 aliphatic carbocycles. The van der Waals surface area contributed by atoms with Gasteiger partial charge < -0.3 is 14.6 Å². The summed E-state index contributed by atoms with van der Waals surface area (Å²) < 4.78 is 12.8. The van der Waals surface area contributed by atoms with Crippen molar-refractivity contribution in [3.63, 3.8) is 0 Å². The third-order valence-electron chi connectivity index (χ3n) is 7.29. The maximum atomic E-state index is 11.0. The molecule has 1 N–H and O–H groups in total. The standard InChI is InChI=1S/C31H29N3O4S/c35-30(36)18-22-9-12-24(13-10-22)37-20-31(15-3-4-16-31)21-38-28-14-11-23(29-8-5-17-39-29)19-27(28)34-32-25-6-1-2-7-26(25)33-34/h1-2,5-14,17,19H,3-4,15-16,18,20-21H2,(H,35,36). The molecule has 6 rings (SSSR count). The second-order valence-electron chi connectivity index (χ2n) is 10.1. The van der Waals surface area contributed by atoms with E-state index in [-0.39, 0.29) is 11.8 Å². The molecule has 0 spiro atoms. The minimum Gasteiger partial charge on any atom is -0.493 e. The van der Waals surface area contributed by atoms with E-state index in [4.69, 9.17) is 24.8 Å². The fourth-order valence-corrected chi connectivity index (χ4v) is 5.88. The van der Waals surface area contributed by atoms with Gasteiger partial charge in [0.15, 0.2) is 0 Å². The second-order valence-corrected chi connectivity index (χ2v) is 11.1. The Balaban J connectivity index is 1.23. The van der Waals surface area contributed by atoms with E-state index in [9.17, 15) is 4.79 Å². The van der Waals surface area contributed by atoms with Crippen LogP contribution < -0.4 is 9.47 Å². The van der Waals surface area contributed by atoms with Crippen LogP contribution >= 0.6 is 11.3 Å². The first-order chi connectivity index (χ1) is 19.1. The number of carbonyl (C=O) groups is 1. The molecule has 1 aliphatic rings. The Morgan fingerprint density at radius 1 is 0.897 bits per heavy atom. The zero-order chi connectivity index (χ0) is 26.7. The molecule has 0 bridgehead atoms. The zero-order valence-electron chi connectivity index (χ0n) is 21.5. The lowest BCUT2D eigenvalue weighted by molar-refractivity contribution is -0.136. The molecular formula is C31H29N3O4S. The third kappa shape index (κ3) is 5.66. The van der Waals surface area contributed by atoms with E-state index in [0.717, 1.165) is 65.0 Å². The summed E-state index contributed by atoms with van der Waals surface area (Å²) in [6.07, 6.45) is 4.33. The molecule has 5 aromatic rings. The summed E-state index contributed by atoms with van der Waals surface area (Å²) in [7, 11) is 0. The number of benzene rings is 3. The van der Waals surface area contributed by atoms with Gasteiger partial charge in [-0.05, 0) is 77.9 Å². The lowest BCUT2D eigenvalue weighted by Crippen LogP contribution is -2.32.